The normalized spacial score (nSPS) is 16.1. The Bertz CT molecular complexity index is 406. The van der Waals surface area contributed by atoms with Gasteiger partial charge in [0.1, 0.15) is 0 Å². The second kappa shape index (κ2) is 5.29. The summed E-state index contributed by atoms with van der Waals surface area (Å²) in [6.07, 6.45) is -0.0746. The fourth-order valence-corrected chi connectivity index (χ4v) is 2.10. The van der Waals surface area contributed by atoms with E-state index in [2.05, 4.69) is 5.32 Å². The highest BCUT2D eigenvalue weighted by atomic mass is 16.3. The third-order valence-corrected chi connectivity index (χ3v) is 2.95. The van der Waals surface area contributed by atoms with Crippen LogP contribution in [0.1, 0.15) is 12.5 Å². The van der Waals surface area contributed by atoms with E-state index in [4.69, 9.17) is 0 Å². The number of benzene rings is 1. The zero-order chi connectivity index (χ0) is 12.3. The van der Waals surface area contributed by atoms with Gasteiger partial charge in [0, 0.05) is 12.2 Å². The molecule has 92 valence electrons. The Balaban J connectivity index is 2.04. The van der Waals surface area contributed by atoms with Crippen LogP contribution in [0.15, 0.2) is 24.3 Å². The molecule has 1 aliphatic heterocycles. The van der Waals surface area contributed by atoms with Gasteiger partial charge in [0.2, 0.25) is 5.91 Å². The molecule has 4 heteroatoms. The predicted molar refractivity (Wildman–Crippen MR) is 67.0 cm³/mol. The molecule has 4 nitrogen and oxygen atoms in total. The van der Waals surface area contributed by atoms with Crippen LogP contribution in [-0.2, 0) is 11.2 Å². The van der Waals surface area contributed by atoms with Gasteiger partial charge in [0.25, 0.3) is 0 Å². The van der Waals surface area contributed by atoms with Crippen LogP contribution in [0.4, 0.5) is 5.69 Å². The molecule has 2 N–H and O–H groups in total. The quantitative estimate of drug-likeness (QED) is 0.782. The van der Waals surface area contributed by atoms with Crippen molar-refractivity contribution in [2.75, 3.05) is 24.5 Å². The van der Waals surface area contributed by atoms with Crippen molar-refractivity contribution >= 4 is 11.6 Å². The van der Waals surface area contributed by atoms with Crippen LogP contribution in [0, 0.1) is 0 Å². The fourth-order valence-electron chi connectivity index (χ4n) is 2.10. The number of anilines is 1. The smallest absolute Gasteiger partial charge is 0.231 e. The Morgan fingerprint density at radius 1 is 1.47 bits per heavy atom. The number of hydrogen-bond acceptors (Lipinski definition) is 3. The third kappa shape index (κ3) is 2.65. The van der Waals surface area contributed by atoms with Gasteiger partial charge in [-0.05, 0) is 18.2 Å². The van der Waals surface area contributed by atoms with Gasteiger partial charge < -0.3 is 15.3 Å². The molecule has 0 aliphatic carbocycles. The van der Waals surface area contributed by atoms with Crippen molar-refractivity contribution in [1.82, 2.24) is 5.32 Å². The summed E-state index contributed by atoms with van der Waals surface area (Å²) in [5.41, 5.74) is 1.99. The van der Waals surface area contributed by atoms with Crippen molar-refractivity contribution < 1.29 is 9.90 Å². The Morgan fingerprint density at radius 2 is 2.24 bits per heavy atom. The molecule has 0 bridgehead atoms. The number of fused-ring (bicyclic) bond motifs is 1. The van der Waals surface area contributed by atoms with Gasteiger partial charge >= 0.3 is 0 Å². The van der Waals surface area contributed by atoms with Crippen LogP contribution in [0.25, 0.3) is 0 Å². The number of rotatable bonds is 5. The first kappa shape index (κ1) is 12.1. The molecule has 1 unspecified atom stereocenters. The van der Waals surface area contributed by atoms with E-state index in [1.807, 2.05) is 31.2 Å². The second-order valence-electron chi connectivity index (χ2n) is 4.27. The van der Waals surface area contributed by atoms with Crippen LogP contribution < -0.4 is 10.2 Å². The average molecular weight is 234 g/mol. The highest BCUT2D eigenvalue weighted by Crippen LogP contribution is 2.28. The third-order valence-electron chi connectivity index (χ3n) is 2.95. The molecular weight excluding hydrogens is 216 g/mol. The number of carbonyl (C=O) groups excluding carboxylic acids is 1. The molecular formula is C13H18N2O2. The Morgan fingerprint density at radius 3 is 3.00 bits per heavy atom. The fraction of sp³-hybridized carbons (Fsp3) is 0.462. The van der Waals surface area contributed by atoms with Crippen molar-refractivity contribution in [3.8, 4) is 0 Å². The van der Waals surface area contributed by atoms with Gasteiger partial charge in [0.05, 0.1) is 19.1 Å². The monoisotopic (exact) mass is 234 g/mol. The number of likely N-dealkylation sites (N-methyl/N-ethyl adjacent to an activating group) is 1. The summed E-state index contributed by atoms with van der Waals surface area (Å²) >= 11 is 0. The van der Waals surface area contributed by atoms with E-state index in [9.17, 15) is 9.90 Å². The summed E-state index contributed by atoms with van der Waals surface area (Å²) < 4.78 is 0. The van der Waals surface area contributed by atoms with Gasteiger partial charge in [0.15, 0.2) is 0 Å². The average Bonchev–Trinajstić information content (AvgIpc) is 2.64. The lowest BCUT2D eigenvalue weighted by Gasteiger charge is -2.21. The number of nitrogens with zero attached hydrogens (tertiary/aromatic N) is 1. The maximum absolute atomic E-state index is 11.8. The minimum absolute atomic E-state index is 0.0711. The topological polar surface area (TPSA) is 52.6 Å². The van der Waals surface area contributed by atoms with Gasteiger partial charge in [-0.2, -0.15) is 0 Å². The minimum atomic E-state index is -0.523. The number of β-amino-alcohol motifs (C(OH)–C–C–N with tert-alkyl or cyclic N) is 1. The summed E-state index contributed by atoms with van der Waals surface area (Å²) in [6.45, 7) is 3.69. The lowest BCUT2D eigenvalue weighted by atomic mass is 10.2. The van der Waals surface area contributed by atoms with Crippen molar-refractivity contribution in [3.05, 3.63) is 29.8 Å². The van der Waals surface area contributed by atoms with Gasteiger partial charge in [-0.3, -0.25) is 4.79 Å². The summed E-state index contributed by atoms with van der Waals surface area (Å²) in [4.78, 5) is 13.5. The van der Waals surface area contributed by atoms with Crippen molar-refractivity contribution in [2.24, 2.45) is 0 Å². The molecule has 0 saturated carbocycles. The maximum Gasteiger partial charge on any atom is 0.231 e. The molecule has 1 atom stereocenters. The molecule has 0 spiro atoms. The van der Waals surface area contributed by atoms with Crippen LogP contribution in [0.2, 0.25) is 0 Å². The number of hydrogen-bond donors (Lipinski definition) is 2. The van der Waals surface area contributed by atoms with Crippen LogP contribution in [-0.4, -0.2) is 36.8 Å². The summed E-state index contributed by atoms with van der Waals surface area (Å²) in [7, 11) is 0. The van der Waals surface area contributed by atoms with Crippen molar-refractivity contribution in [1.29, 1.82) is 0 Å². The largest absolute Gasteiger partial charge is 0.390 e. The highest BCUT2D eigenvalue weighted by molar-refractivity contribution is 6.01. The number of amides is 1. The molecule has 2 rings (SSSR count). The predicted octanol–water partition coefficient (Wildman–Crippen LogP) is 0.546. The van der Waals surface area contributed by atoms with Gasteiger partial charge in [-0.15, -0.1) is 0 Å². The van der Waals surface area contributed by atoms with E-state index in [1.165, 1.54) is 0 Å². The molecule has 0 aromatic heterocycles. The van der Waals surface area contributed by atoms with Crippen LogP contribution >= 0.6 is 0 Å². The zero-order valence-corrected chi connectivity index (χ0v) is 10.0. The number of nitrogens with one attached hydrogen (secondary N) is 1. The van der Waals surface area contributed by atoms with Crippen molar-refractivity contribution in [3.63, 3.8) is 0 Å². The molecule has 1 aromatic carbocycles. The first-order valence-electron chi connectivity index (χ1n) is 5.99. The maximum atomic E-state index is 11.8. The number of aliphatic hydroxyl groups excluding tert-OH is 1. The first-order valence-corrected chi connectivity index (χ1v) is 5.99. The Hall–Kier alpha value is -1.39. The standard InChI is InChI=1S/C13H18N2O2/c1-2-14-8-11(16)9-15-12-6-4-3-5-10(12)7-13(15)17/h3-6,11,14,16H,2,7-9H2,1H3. The zero-order valence-electron chi connectivity index (χ0n) is 10.0. The SMILES string of the molecule is CCNCC(O)CN1C(=O)Cc2ccccc21. The van der Waals surface area contributed by atoms with Gasteiger partial charge in [-0.1, -0.05) is 25.1 Å². The number of para-hydroxylation sites is 1. The molecule has 0 fully saturated rings. The first-order chi connectivity index (χ1) is 8.22. The highest BCUT2D eigenvalue weighted by Gasteiger charge is 2.27. The van der Waals surface area contributed by atoms with E-state index < -0.39 is 6.10 Å². The second-order valence-corrected chi connectivity index (χ2v) is 4.27. The lowest BCUT2D eigenvalue weighted by Crippen LogP contribution is -2.39. The molecule has 0 saturated heterocycles. The summed E-state index contributed by atoms with van der Waals surface area (Å²) in [5, 5.41) is 12.9. The Kier molecular flexibility index (Phi) is 3.76. The molecule has 1 aromatic rings. The minimum Gasteiger partial charge on any atom is -0.390 e. The molecule has 0 radical (unpaired) electrons. The Labute approximate surface area is 101 Å². The van der Waals surface area contributed by atoms with Crippen LogP contribution in [0.3, 0.4) is 0 Å². The van der Waals surface area contributed by atoms with E-state index in [0.717, 1.165) is 17.8 Å². The summed E-state index contributed by atoms with van der Waals surface area (Å²) in [5.74, 6) is 0.0711. The van der Waals surface area contributed by atoms with E-state index in [0.29, 0.717) is 19.5 Å². The summed E-state index contributed by atoms with van der Waals surface area (Å²) in [6, 6.07) is 7.75. The van der Waals surface area contributed by atoms with Crippen LogP contribution in [0.5, 0.6) is 0 Å². The van der Waals surface area contributed by atoms with Gasteiger partial charge in [-0.25, -0.2) is 0 Å². The molecule has 17 heavy (non-hydrogen) atoms. The molecule has 1 heterocycles. The van der Waals surface area contributed by atoms with E-state index >= 15 is 0 Å². The lowest BCUT2D eigenvalue weighted by molar-refractivity contribution is -0.117. The number of carbonyl (C=O) groups is 1. The van der Waals surface area contributed by atoms with Crippen molar-refractivity contribution in [2.45, 2.75) is 19.4 Å². The van der Waals surface area contributed by atoms with E-state index in [1.54, 1.807) is 4.90 Å². The number of aliphatic hydroxyl groups is 1. The van der Waals surface area contributed by atoms with E-state index in [-0.39, 0.29) is 5.91 Å². The molecule has 1 aliphatic rings. The molecule has 1 amide bonds.